The molecule has 0 radical (unpaired) electrons. The van der Waals surface area contributed by atoms with Gasteiger partial charge in [0.25, 0.3) is 10.0 Å². The second-order valence-electron chi connectivity index (χ2n) is 9.67. The highest BCUT2D eigenvalue weighted by atomic mass is 35.5. The van der Waals surface area contributed by atoms with Crippen molar-refractivity contribution in [1.82, 2.24) is 10.2 Å². The molecule has 232 valence electrons. The van der Waals surface area contributed by atoms with Crippen molar-refractivity contribution in [3.05, 3.63) is 94.0 Å². The zero-order chi connectivity index (χ0) is 31.8. The number of sulfonamides is 1. The summed E-state index contributed by atoms with van der Waals surface area (Å²) in [5.74, 6) is -1.26. The van der Waals surface area contributed by atoms with E-state index in [2.05, 4.69) is 5.32 Å². The number of anilines is 1. The highest BCUT2D eigenvalue weighted by Gasteiger charge is 2.37. The minimum absolute atomic E-state index is 0.147. The van der Waals surface area contributed by atoms with E-state index in [9.17, 15) is 31.2 Å². The van der Waals surface area contributed by atoms with E-state index in [1.807, 2.05) is 6.92 Å². The van der Waals surface area contributed by atoms with Crippen LogP contribution in [0.1, 0.15) is 44.2 Å². The maximum Gasteiger partial charge on any atom is 0.417 e. The second-order valence-corrected chi connectivity index (χ2v) is 12.3. The summed E-state index contributed by atoms with van der Waals surface area (Å²) in [6, 6.07) is 15.3. The molecule has 0 heterocycles. The molecule has 0 aliphatic carbocycles. The number of halogens is 5. The first kappa shape index (κ1) is 34.2. The van der Waals surface area contributed by atoms with Crippen LogP contribution < -0.4 is 9.62 Å². The third-order valence-electron chi connectivity index (χ3n) is 6.67. The lowest BCUT2D eigenvalue weighted by Crippen LogP contribution is -2.52. The molecule has 0 spiro atoms. The molecule has 0 aromatic heterocycles. The van der Waals surface area contributed by atoms with Gasteiger partial charge in [-0.25, -0.2) is 8.42 Å². The molecule has 0 saturated heterocycles. The third-order valence-corrected chi connectivity index (χ3v) is 9.15. The largest absolute Gasteiger partial charge is 0.417 e. The number of hydrogen-bond acceptors (Lipinski definition) is 4. The van der Waals surface area contributed by atoms with Gasteiger partial charge in [-0.05, 0) is 54.8 Å². The SMILES string of the molecule is CCCCNC(=O)C(CC)N(Cc1ccccc1Cl)C(=O)CN(c1ccc(Cl)c(C(F)(F)F)c1)S(=O)(=O)c1ccccc1. The van der Waals surface area contributed by atoms with Crippen LogP contribution >= 0.6 is 23.2 Å². The average molecular weight is 659 g/mol. The van der Waals surface area contributed by atoms with Gasteiger partial charge >= 0.3 is 6.18 Å². The number of benzene rings is 3. The van der Waals surface area contributed by atoms with E-state index in [4.69, 9.17) is 23.2 Å². The maximum absolute atomic E-state index is 14.1. The topological polar surface area (TPSA) is 86.8 Å². The monoisotopic (exact) mass is 657 g/mol. The Morgan fingerprint density at radius 1 is 0.930 bits per heavy atom. The Morgan fingerprint density at radius 2 is 1.58 bits per heavy atom. The Labute approximate surface area is 259 Å². The molecule has 2 amide bonds. The van der Waals surface area contributed by atoms with Crippen LogP contribution in [0.3, 0.4) is 0 Å². The van der Waals surface area contributed by atoms with Gasteiger partial charge in [-0.3, -0.25) is 13.9 Å². The molecule has 1 N–H and O–H groups in total. The molecule has 3 rings (SSSR count). The minimum atomic E-state index is -4.89. The molecule has 7 nitrogen and oxygen atoms in total. The lowest BCUT2D eigenvalue weighted by atomic mass is 10.1. The fourth-order valence-electron chi connectivity index (χ4n) is 4.37. The fourth-order valence-corrected chi connectivity index (χ4v) is 6.22. The molecular weight excluding hydrogens is 626 g/mol. The lowest BCUT2D eigenvalue weighted by Gasteiger charge is -2.33. The van der Waals surface area contributed by atoms with Crippen molar-refractivity contribution in [3.63, 3.8) is 0 Å². The average Bonchev–Trinajstić information content (AvgIpc) is 2.97. The quantitative estimate of drug-likeness (QED) is 0.202. The predicted octanol–water partition coefficient (Wildman–Crippen LogP) is 6.93. The van der Waals surface area contributed by atoms with Gasteiger partial charge in [-0.2, -0.15) is 13.2 Å². The smallest absolute Gasteiger partial charge is 0.354 e. The van der Waals surface area contributed by atoms with Crippen molar-refractivity contribution in [1.29, 1.82) is 0 Å². The van der Waals surface area contributed by atoms with Crippen molar-refractivity contribution in [2.24, 2.45) is 0 Å². The first-order chi connectivity index (χ1) is 20.3. The van der Waals surface area contributed by atoms with Crippen LogP contribution in [0, 0.1) is 0 Å². The Morgan fingerprint density at radius 3 is 2.19 bits per heavy atom. The Balaban J connectivity index is 2.12. The molecule has 3 aromatic carbocycles. The fraction of sp³-hybridized carbons (Fsp3) is 0.333. The van der Waals surface area contributed by atoms with E-state index in [0.717, 1.165) is 18.6 Å². The molecule has 0 fully saturated rings. The number of hydrogen-bond donors (Lipinski definition) is 1. The summed E-state index contributed by atoms with van der Waals surface area (Å²) in [6.45, 7) is 2.98. The molecule has 1 unspecified atom stereocenters. The minimum Gasteiger partial charge on any atom is -0.354 e. The Kier molecular flexibility index (Phi) is 11.9. The van der Waals surface area contributed by atoms with Crippen LogP contribution in [0.4, 0.5) is 18.9 Å². The van der Waals surface area contributed by atoms with Crippen molar-refractivity contribution < 1.29 is 31.2 Å². The summed E-state index contributed by atoms with van der Waals surface area (Å²) < 4.78 is 69.6. The van der Waals surface area contributed by atoms with Crippen LogP contribution in [0.2, 0.25) is 10.0 Å². The molecule has 1 atom stereocenters. The number of carbonyl (C=O) groups is 2. The van der Waals surface area contributed by atoms with Crippen LogP contribution in [0.25, 0.3) is 0 Å². The standard InChI is InChI=1S/C30H32Cl2F3N3O4S/c1-3-5-17-36-29(40)27(4-2)37(19-21-11-9-10-14-25(21)31)28(39)20-38(43(41,42)23-12-7-6-8-13-23)22-15-16-26(32)24(18-22)30(33,34)35/h6-16,18,27H,3-5,17,19-20H2,1-2H3,(H,36,40). The third kappa shape index (κ3) is 8.64. The first-order valence-corrected chi connectivity index (χ1v) is 15.8. The van der Waals surface area contributed by atoms with Gasteiger partial charge in [0.2, 0.25) is 11.8 Å². The number of carbonyl (C=O) groups excluding carboxylic acids is 2. The molecule has 0 aliphatic heterocycles. The van der Waals surface area contributed by atoms with E-state index in [0.29, 0.717) is 33.9 Å². The number of alkyl halides is 3. The normalized spacial score (nSPS) is 12.4. The molecule has 0 saturated carbocycles. The zero-order valence-electron chi connectivity index (χ0n) is 23.6. The summed E-state index contributed by atoms with van der Waals surface area (Å²) in [6.07, 6.45) is -3.17. The highest BCUT2D eigenvalue weighted by molar-refractivity contribution is 7.92. The number of rotatable bonds is 13. The summed E-state index contributed by atoms with van der Waals surface area (Å²) >= 11 is 12.2. The van der Waals surface area contributed by atoms with Gasteiger partial charge < -0.3 is 10.2 Å². The van der Waals surface area contributed by atoms with E-state index >= 15 is 0 Å². The van der Waals surface area contributed by atoms with Crippen molar-refractivity contribution >= 4 is 50.7 Å². The van der Waals surface area contributed by atoms with Gasteiger partial charge in [0, 0.05) is 18.1 Å². The van der Waals surface area contributed by atoms with Crippen LogP contribution in [0.15, 0.2) is 77.7 Å². The number of unbranched alkanes of at least 4 members (excludes halogenated alkanes) is 1. The lowest BCUT2D eigenvalue weighted by molar-refractivity contribution is -0.140. The molecule has 0 aliphatic rings. The zero-order valence-corrected chi connectivity index (χ0v) is 25.9. The van der Waals surface area contributed by atoms with Gasteiger partial charge in [0.1, 0.15) is 12.6 Å². The summed E-state index contributed by atoms with van der Waals surface area (Å²) in [4.78, 5) is 28.2. The van der Waals surface area contributed by atoms with E-state index in [1.165, 1.54) is 29.2 Å². The van der Waals surface area contributed by atoms with Crippen molar-refractivity contribution in [2.75, 3.05) is 17.4 Å². The summed E-state index contributed by atoms with van der Waals surface area (Å²) in [5.41, 5.74) is -1.19. The maximum atomic E-state index is 14.1. The molecule has 0 bridgehead atoms. The predicted molar refractivity (Wildman–Crippen MR) is 161 cm³/mol. The second kappa shape index (κ2) is 14.9. The number of nitrogens with zero attached hydrogens (tertiary/aromatic N) is 2. The Hall–Kier alpha value is -3.28. The van der Waals surface area contributed by atoms with Crippen LogP contribution in [0.5, 0.6) is 0 Å². The molecule has 3 aromatic rings. The van der Waals surface area contributed by atoms with Crippen LogP contribution in [-0.2, 0) is 32.3 Å². The van der Waals surface area contributed by atoms with Gasteiger partial charge in [0.15, 0.2) is 0 Å². The molecule has 13 heteroatoms. The number of nitrogens with one attached hydrogen (secondary N) is 1. The Bertz CT molecular complexity index is 1520. The van der Waals surface area contributed by atoms with Crippen LogP contribution in [-0.4, -0.2) is 44.3 Å². The van der Waals surface area contributed by atoms with Crippen molar-refractivity contribution in [3.8, 4) is 0 Å². The molecular formula is C30H32Cl2F3N3O4S. The number of amides is 2. The van der Waals surface area contributed by atoms with Gasteiger partial charge in [0.05, 0.1) is 21.2 Å². The molecule has 43 heavy (non-hydrogen) atoms. The summed E-state index contributed by atoms with van der Waals surface area (Å²) in [7, 11) is -4.56. The van der Waals surface area contributed by atoms with Gasteiger partial charge in [-0.15, -0.1) is 0 Å². The van der Waals surface area contributed by atoms with E-state index in [-0.39, 0.29) is 17.9 Å². The first-order valence-electron chi connectivity index (χ1n) is 13.6. The van der Waals surface area contributed by atoms with E-state index in [1.54, 1.807) is 37.3 Å². The highest BCUT2D eigenvalue weighted by Crippen LogP contribution is 2.38. The summed E-state index contributed by atoms with van der Waals surface area (Å²) in [5, 5.41) is 2.50. The van der Waals surface area contributed by atoms with E-state index < -0.39 is 56.9 Å². The van der Waals surface area contributed by atoms with Crippen molar-refractivity contribution in [2.45, 2.75) is 56.8 Å². The van der Waals surface area contributed by atoms with Gasteiger partial charge in [-0.1, -0.05) is 79.9 Å².